The van der Waals surface area contributed by atoms with Crippen LogP contribution < -0.4 is 0 Å². The number of rotatable bonds is 4. The Morgan fingerprint density at radius 2 is 1.75 bits per heavy atom. The Morgan fingerprint density at radius 3 is 2.38 bits per heavy atom. The van der Waals surface area contributed by atoms with Gasteiger partial charge in [0.05, 0.1) is 5.60 Å². The summed E-state index contributed by atoms with van der Waals surface area (Å²) in [4.78, 5) is 0. The highest BCUT2D eigenvalue weighted by atomic mass is 16.3. The average molecular weight is 213 g/mol. The molecule has 1 aliphatic rings. The molecule has 1 heteroatoms. The molecule has 0 saturated carbocycles. The molecule has 1 unspecified atom stereocenters. The second-order valence-electron chi connectivity index (χ2n) is 4.38. The minimum atomic E-state index is -0.890. The topological polar surface area (TPSA) is 20.2 Å². The maximum atomic E-state index is 10.3. The summed E-state index contributed by atoms with van der Waals surface area (Å²) in [6.07, 6.45) is 9.46. The van der Waals surface area contributed by atoms with Crippen LogP contribution in [-0.2, 0) is 6.42 Å². The van der Waals surface area contributed by atoms with Crippen molar-refractivity contribution in [2.45, 2.75) is 18.4 Å². The molecule has 1 nitrogen and oxygen atoms in total. The van der Waals surface area contributed by atoms with Crippen molar-refractivity contribution in [2.75, 3.05) is 0 Å². The molecule has 1 atom stereocenters. The predicted molar refractivity (Wildman–Crippen MR) is 66.8 cm³/mol. The van der Waals surface area contributed by atoms with Crippen molar-refractivity contribution in [3.63, 3.8) is 0 Å². The lowest BCUT2D eigenvalue weighted by Gasteiger charge is -2.27. The van der Waals surface area contributed by atoms with Crippen LogP contribution >= 0.6 is 0 Å². The summed E-state index contributed by atoms with van der Waals surface area (Å²) < 4.78 is 0. The van der Waals surface area contributed by atoms with Gasteiger partial charge in [0.25, 0.3) is 0 Å². The Labute approximate surface area is 97.1 Å². The summed E-state index contributed by atoms with van der Waals surface area (Å²) in [5, 5.41) is 10.3. The molecule has 1 aromatic rings. The van der Waals surface area contributed by atoms with E-state index in [1.807, 2.05) is 42.5 Å². The highest BCUT2D eigenvalue weighted by molar-refractivity contribution is 5.23. The van der Waals surface area contributed by atoms with E-state index in [4.69, 9.17) is 0 Å². The van der Waals surface area contributed by atoms with Crippen molar-refractivity contribution >= 4 is 0 Å². The van der Waals surface area contributed by atoms with Crippen molar-refractivity contribution in [1.29, 1.82) is 0 Å². The van der Waals surface area contributed by atoms with Gasteiger partial charge < -0.3 is 5.11 Å². The molecule has 0 aliphatic heterocycles. The summed E-state index contributed by atoms with van der Waals surface area (Å²) in [6.45, 7) is 3.92. The third-order valence-electron chi connectivity index (χ3n) is 3.06. The quantitative estimate of drug-likeness (QED) is 0.815. The Bertz CT molecular complexity index is 375. The monoisotopic (exact) mass is 213 g/mol. The zero-order valence-electron chi connectivity index (χ0n) is 9.34. The van der Waals surface area contributed by atoms with Gasteiger partial charge in [0.1, 0.15) is 0 Å². The van der Waals surface area contributed by atoms with E-state index in [1.165, 1.54) is 5.56 Å². The van der Waals surface area contributed by atoms with Crippen LogP contribution in [-0.4, -0.2) is 10.7 Å². The van der Waals surface area contributed by atoms with Gasteiger partial charge in [0.15, 0.2) is 0 Å². The van der Waals surface area contributed by atoms with Crippen molar-refractivity contribution in [3.8, 4) is 0 Å². The highest BCUT2D eigenvalue weighted by Gasteiger charge is 2.28. The van der Waals surface area contributed by atoms with E-state index < -0.39 is 5.60 Å². The zero-order valence-corrected chi connectivity index (χ0v) is 9.34. The standard InChI is InChI=1S/C15H17O/c1-15(16,14-9-5-6-10-14)12-11-13-7-3-2-4-8-13/h2-10,14,16H,1,11-12H2. The summed E-state index contributed by atoms with van der Waals surface area (Å²) >= 11 is 0. The van der Waals surface area contributed by atoms with Gasteiger partial charge in [0, 0.05) is 5.92 Å². The van der Waals surface area contributed by atoms with Crippen LogP contribution in [0.25, 0.3) is 0 Å². The first-order chi connectivity index (χ1) is 7.68. The van der Waals surface area contributed by atoms with Crippen molar-refractivity contribution in [3.05, 3.63) is 67.1 Å². The van der Waals surface area contributed by atoms with Gasteiger partial charge >= 0.3 is 0 Å². The van der Waals surface area contributed by atoms with Gasteiger partial charge in [0.2, 0.25) is 0 Å². The van der Waals surface area contributed by atoms with Gasteiger partial charge in [-0.15, -0.1) is 0 Å². The molecule has 0 spiro atoms. The maximum absolute atomic E-state index is 10.3. The largest absolute Gasteiger partial charge is 0.389 e. The summed E-state index contributed by atoms with van der Waals surface area (Å²) in [7, 11) is 0. The van der Waals surface area contributed by atoms with Crippen LogP contribution in [0.2, 0.25) is 0 Å². The molecule has 83 valence electrons. The molecular formula is C15H17O. The molecule has 16 heavy (non-hydrogen) atoms. The Balaban J connectivity index is 1.94. The molecule has 0 bridgehead atoms. The number of hydrogen-bond donors (Lipinski definition) is 1. The van der Waals surface area contributed by atoms with Gasteiger partial charge in [-0.2, -0.15) is 0 Å². The van der Waals surface area contributed by atoms with Crippen molar-refractivity contribution in [2.24, 2.45) is 5.92 Å². The molecule has 2 rings (SSSR count). The summed E-state index contributed by atoms with van der Waals surface area (Å²) in [6, 6.07) is 10.2. The second kappa shape index (κ2) is 4.67. The Hall–Kier alpha value is -1.34. The molecule has 1 N–H and O–H groups in total. The lowest BCUT2D eigenvalue weighted by molar-refractivity contribution is 0.0541. The average Bonchev–Trinajstić information content (AvgIpc) is 2.82. The number of benzene rings is 1. The van der Waals surface area contributed by atoms with Crippen LogP contribution in [0.1, 0.15) is 12.0 Å². The van der Waals surface area contributed by atoms with Crippen molar-refractivity contribution < 1.29 is 5.11 Å². The summed E-state index contributed by atoms with van der Waals surface area (Å²) in [5.41, 5.74) is 0.356. The minimum absolute atomic E-state index is 0.0520. The Morgan fingerprint density at radius 1 is 1.12 bits per heavy atom. The fourth-order valence-corrected chi connectivity index (χ4v) is 1.96. The second-order valence-corrected chi connectivity index (χ2v) is 4.38. The molecule has 1 aromatic carbocycles. The molecule has 1 radical (unpaired) electrons. The number of aryl methyl sites for hydroxylation is 1. The van der Waals surface area contributed by atoms with E-state index in [-0.39, 0.29) is 5.92 Å². The molecule has 0 amide bonds. The van der Waals surface area contributed by atoms with E-state index in [9.17, 15) is 5.11 Å². The van der Waals surface area contributed by atoms with E-state index in [2.05, 4.69) is 19.1 Å². The SMILES string of the molecule is [CH2]C(O)(CCc1ccccc1)C1C=CC=C1. The van der Waals surface area contributed by atoms with Gasteiger partial charge in [-0.1, -0.05) is 54.6 Å². The first-order valence-corrected chi connectivity index (χ1v) is 5.65. The molecule has 0 heterocycles. The highest BCUT2D eigenvalue weighted by Crippen LogP contribution is 2.27. The fraction of sp³-hybridized carbons (Fsp3) is 0.267. The predicted octanol–water partition coefficient (Wildman–Crippen LogP) is 2.93. The smallest absolute Gasteiger partial charge is 0.0749 e. The first kappa shape index (κ1) is 11.2. The van der Waals surface area contributed by atoms with E-state index >= 15 is 0 Å². The maximum Gasteiger partial charge on any atom is 0.0749 e. The number of hydrogen-bond acceptors (Lipinski definition) is 1. The van der Waals surface area contributed by atoms with Crippen LogP contribution in [0.4, 0.5) is 0 Å². The van der Waals surface area contributed by atoms with E-state index in [0.29, 0.717) is 6.42 Å². The van der Waals surface area contributed by atoms with Gasteiger partial charge in [-0.3, -0.25) is 0 Å². The van der Waals surface area contributed by atoms with Crippen LogP contribution in [0.15, 0.2) is 54.6 Å². The van der Waals surface area contributed by atoms with Crippen molar-refractivity contribution in [1.82, 2.24) is 0 Å². The van der Waals surface area contributed by atoms with Crippen LogP contribution in [0.5, 0.6) is 0 Å². The molecule has 1 aliphatic carbocycles. The fourth-order valence-electron chi connectivity index (χ4n) is 1.96. The Kier molecular flexibility index (Phi) is 3.25. The van der Waals surface area contributed by atoms with Crippen LogP contribution in [0, 0.1) is 12.8 Å². The lowest BCUT2D eigenvalue weighted by atomic mass is 9.85. The lowest BCUT2D eigenvalue weighted by Crippen LogP contribution is -2.32. The molecule has 0 aromatic heterocycles. The normalized spacial score (nSPS) is 18.9. The third kappa shape index (κ3) is 2.61. The third-order valence-corrected chi connectivity index (χ3v) is 3.06. The zero-order chi connectivity index (χ0) is 11.4. The van der Waals surface area contributed by atoms with Gasteiger partial charge in [-0.05, 0) is 25.3 Å². The minimum Gasteiger partial charge on any atom is -0.389 e. The molecule has 0 fully saturated rings. The molecular weight excluding hydrogens is 196 g/mol. The van der Waals surface area contributed by atoms with Crippen LogP contribution in [0.3, 0.4) is 0 Å². The summed E-state index contributed by atoms with van der Waals surface area (Å²) in [5.74, 6) is 0.0520. The van der Waals surface area contributed by atoms with E-state index in [1.54, 1.807) is 0 Å². The number of aliphatic hydroxyl groups is 1. The first-order valence-electron chi connectivity index (χ1n) is 5.65. The van der Waals surface area contributed by atoms with Gasteiger partial charge in [-0.25, -0.2) is 0 Å². The van der Waals surface area contributed by atoms with E-state index in [0.717, 1.165) is 6.42 Å². The number of allylic oxidation sites excluding steroid dienone is 2. The molecule has 0 saturated heterocycles.